The van der Waals surface area contributed by atoms with Gasteiger partial charge < -0.3 is 4.74 Å². The molecule has 7 nitrogen and oxygen atoms in total. The molecule has 1 amide bonds. The summed E-state index contributed by atoms with van der Waals surface area (Å²) in [6.45, 7) is 2.27. The number of methoxy groups -OCH3 is 1. The summed E-state index contributed by atoms with van der Waals surface area (Å²) in [5.41, 5.74) is 0.703. The molecule has 0 aliphatic carbocycles. The van der Waals surface area contributed by atoms with Crippen LogP contribution in [-0.2, 0) is 21.2 Å². The molecule has 2 aromatic heterocycles. The van der Waals surface area contributed by atoms with Gasteiger partial charge in [-0.1, -0.05) is 11.3 Å². The van der Waals surface area contributed by atoms with Gasteiger partial charge in [-0.3, -0.25) is 10.1 Å². The zero-order chi connectivity index (χ0) is 17.9. The van der Waals surface area contributed by atoms with Crippen LogP contribution in [0.15, 0.2) is 14.2 Å². The van der Waals surface area contributed by atoms with Gasteiger partial charge in [-0.15, -0.1) is 11.3 Å². The number of nitrogens with zero attached hydrogens (tertiary/aromatic N) is 1. The number of carbonyl (C=O) groups excluding carboxylic acids is 1. The van der Waals surface area contributed by atoms with E-state index in [1.165, 1.54) is 11.3 Å². The van der Waals surface area contributed by atoms with Gasteiger partial charge in [0.2, 0.25) is 10.0 Å². The van der Waals surface area contributed by atoms with Crippen LogP contribution in [0.2, 0.25) is 0 Å². The number of thiazole rings is 1. The van der Waals surface area contributed by atoms with Crippen molar-refractivity contribution in [2.24, 2.45) is 5.14 Å². The zero-order valence-corrected chi connectivity index (χ0v) is 17.0. The number of nitrogens with one attached hydrogen (secondary N) is 1. The van der Waals surface area contributed by atoms with Gasteiger partial charge in [-0.2, -0.15) is 0 Å². The van der Waals surface area contributed by atoms with Crippen molar-refractivity contribution >= 4 is 59.7 Å². The van der Waals surface area contributed by atoms with Gasteiger partial charge in [0.05, 0.1) is 15.5 Å². The number of ether oxygens (including phenoxy) is 1. The summed E-state index contributed by atoms with van der Waals surface area (Å²) in [6.07, 6.45) is 2.89. The van der Waals surface area contributed by atoms with Crippen LogP contribution in [0.5, 0.6) is 0 Å². The largest absolute Gasteiger partial charge is 0.385 e. The van der Waals surface area contributed by atoms with Crippen LogP contribution < -0.4 is 10.5 Å². The average molecular weight is 454 g/mol. The number of nitrogens with two attached hydrogens (primary N) is 1. The Bertz CT molecular complexity index is 845. The SMILES string of the molecule is COCCCc1sc(S(N)(=O)=O)c(C(=O)Nc2ncc(Br)s2)c1C. The van der Waals surface area contributed by atoms with Crippen LogP contribution in [-0.4, -0.2) is 33.0 Å². The van der Waals surface area contributed by atoms with E-state index in [9.17, 15) is 13.2 Å². The Morgan fingerprint density at radius 2 is 2.17 bits per heavy atom. The average Bonchev–Trinajstić information content (AvgIpc) is 3.03. The minimum Gasteiger partial charge on any atom is -0.385 e. The Balaban J connectivity index is 2.37. The summed E-state index contributed by atoms with van der Waals surface area (Å²) in [5.74, 6) is -0.535. The number of thiophene rings is 1. The monoisotopic (exact) mass is 453 g/mol. The number of carbonyl (C=O) groups is 1. The van der Waals surface area contributed by atoms with Crippen LogP contribution in [0.4, 0.5) is 5.13 Å². The number of aromatic nitrogens is 1. The smallest absolute Gasteiger partial charge is 0.259 e. The predicted octanol–water partition coefficient (Wildman–Crippen LogP) is 2.75. The van der Waals surface area contributed by atoms with E-state index in [2.05, 4.69) is 26.2 Å². The fourth-order valence-corrected chi connectivity index (χ4v) is 5.55. The number of halogens is 1. The fraction of sp³-hybridized carbons (Fsp3) is 0.385. The second-order valence-electron chi connectivity index (χ2n) is 4.88. The first-order valence-corrected chi connectivity index (χ1v) is 10.8. The Kier molecular flexibility index (Phi) is 6.51. The maximum Gasteiger partial charge on any atom is 0.259 e. The molecule has 24 heavy (non-hydrogen) atoms. The summed E-state index contributed by atoms with van der Waals surface area (Å²) in [4.78, 5) is 17.4. The number of amides is 1. The van der Waals surface area contributed by atoms with E-state index in [-0.39, 0.29) is 9.77 Å². The Labute approximate surface area is 156 Å². The van der Waals surface area contributed by atoms with Crippen molar-refractivity contribution in [3.05, 3.63) is 26.0 Å². The van der Waals surface area contributed by atoms with Gasteiger partial charge in [0.15, 0.2) is 5.13 Å². The third-order valence-corrected chi connectivity index (χ3v) is 7.35. The lowest BCUT2D eigenvalue weighted by Crippen LogP contribution is -2.19. The minimum atomic E-state index is -4.00. The first kappa shape index (κ1) is 19.5. The third kappa shape index (κ3) is 4.61. The van der Waals surface area contributed by atoms with Crippen molar-refractivity contribution in [1.82, 2.24) is 4.98 Å². The Morgan fingerprint density at radius 1 is 1.46 bits per heavy atom. The van der Waals surface area contributed by atoms with Gasteiger partial charge >= 0.3 is 0 Å². The predicted molar refractivity (Wildman–Crippen MR) is 98.4 cm³/mol. The molecule has 3 N–H and O–H groups in total. The number of primary sulfonamides is 1. The van der Waals surface area contributed by atoms with E-state index in [1.807, 2.05) is 0 Å². The molecule has 2 rings (SSSR count). The minimum absolute atomic E-state index is 0.0845. The van der Waals surface area contributed by atoms with Crippen molar-refractivity contribution < 1.29 is 17.9 Å². The lowest BCUT2D eigenvalue weighted by atomic mass is 10.1. The molecule has 11 heteroatoms. The maximum atomic E-state index is 12.6. The standard InChI is InChI=1S/C13H16BrN3O4S3/c1-7-8(4-3-5-21-2)22-12(24(15,19)20)10(7)11(18)17-13-16-6-9(14)23-13/h6H,3-5H2,1-2H3,(H2,15,19,20)(H,16,17,18). The molecule has 0 aliphatic rings. The van der Waals surface area contributed by atoms with Gasteiger partial charge in [0, 0.05) is 18.6 Å². The van der Waals surface area contributed by atoms with E-state index < -0.39 is 15.9 Å². The molecule has 0 unspecified atom stereocenters. The molecule has 0 aromatic carbocycles. The van der Waals surface area contributed by atoms with Gasteiger partial charge in [0.25, 0.3) is 5.91 Å². The molecule has 0 atom stereocenters. The number of hydrogen-bond acceptors (Lipinski definition) is 7. The molecule has 0 bridgehead atoms. The van der Waals surface area contributed by atoms with Gasteiger partial charge in [-0.25, -0.2) is 18.5 Å². The van der Waals surface area contributed by atoms with Crippen molar-refractivity contribution in [2.45, 2.75) is 24.0 Å². The fourth-order valence-electron chi connectivity index (χ4n) is 2.08. The van der Waals surface area contributed by atoms with E-state index in [4.69, 9.17) is 9.88 Å². The molecule has 2 aromatic rings. The van der Waals surface area contributed by atoms with Crippen molar-refractivity contribution in [1.29, 1.82) is 0 Å². The van der Waals surface area contributed by atoms with Crippen molar-refractivity contribution in [3.63, 3.8) is 0 Å². The van der Waals surface area contributed by atoms with Crippen LogP contribution in [0.1, 0.15) is 27.2 Å². The normalized spacial score (nSPS) is 11.7. The van der Waals surface area contributed by atoms with E-state index in [0.29, 0.717) is 23.7 Å². The quantitative estimate of drug-likeness (QED) is 0.625. The molecule has 0 aliphatic heterocycles. The molecule has 0 fully saturated rings. The number of sulfonamides is 1. The topological polar surface area (TPSA) is 111 Å². The summed E-state index contributed by atoms with van der Waals surface area (Å²) >= 11 is 5.52. The Morgan fingerprint density at radius 3 is 2.71 bits per heavy atom. The Hall–Kier alpha value is -0.850. The zero-order valence-electron chi connectivity index (χ0n) is 13.0. The highest BCUT2D eigenvalue weighted by Crippen LogP contribution is 2.33. The highest BCUT2D eigenvalue weighted by molar-refractivity contribution is 9.11. The molecule has 0 saturated carbocycles. The highest BCUT2D eigenvalue weighted by atomic mass is 79.9. The van der Waals surface area contributed by atoms with E-state index in [0.717, 1.165) is 26.4 Å². The lowest BCUT2D eigenvalue weighted by Gasteiger charge is -2.04. The summed E-state index contributed by atoms with van der Waals surface area (Å²) in [7, 11) is -2.40. The molecule has 132 valence electrons. The number of rotatable bonds is 7. The highest BCUT2D eigenvalue weighted by Gasteiger charge is 2.27. The molecule has 0 spiro atoms. The molecule has 0 saturated heterocycles. The first-order chi connectivity index (χ1) is 11.2. The summed E-state index contributed by atoms with van der Waals surface area (Å²) in [6, 6.07) is 0. The van der Waals surface area contributed by atoms with Crippen LogP contribution in [0.25, 0.3) is 0 Å². The molecular formula is C13H16BrN3O4S3. The van der Waals surface area contributed by atoms with Gasteiger partial charge in [-0.05, 0) is 41.3 Å². The summed E-state index contributed by atoms with van der Waals surface area (Å²) < 4.78 is 29.4. The molecular weight excluding hydrogens is 438 g/mol. The van der Waals surface area contributed by atoms with E-state index >= 15 is 0 Å². The first-order valence-electron chi connectivity index (χ1n) is 6.80. The number of aryl methyl sites for hydroxylation is 1. The van der Waals surface area contributed by atoms with Crippen molar-refractivity contribution in [3.8, 4) is 0 Å². The third-order valence-electron chi connectivity index (χ3n) is 3.15. The second kappa shape index (κ2) is 8.02. The van der Waals surface area contributed by atoms with Gasteiger partial charge in [0.1, 0.15) is 4.21 Å². The van der Waals surface area contributed by atoms with Crippen LogP contribution in [0, 0.1) is 6.92 Å². The second-order valence-corrected chi connectivity index (χ2v) is 10.1. The van der Waals surface area contributed by atoms with Crippen LogP contribution >= 0.6 is 38.6 Å². The van der Waals surface area contributed by atoms with E-state index in [1.54, 1.807) is 20.2 Å². The number of anilines is 1. The molecule has 2 heterocycles. The van der Waals surface area contributed by atoms with Crippen molar-refractivity contribution in [2.75, 3.05) is 19.0 Å². The number of hydrogen-bond donors (Lipinski definition) is 2. The maximum absolute atomic E-state index is 12.6. The van der Waals surface area contributed by atoms with Crippen LogP contribution in [0.3, 0.4) is 0 Å². The lowest BCUT2D eigenvalue weighted by molar-refractivity contribution is 0.102. The summed E-state index contributed by atoms with van der Waals surface area (Å²) in [5, 5.41) is 8.27. The molecule has 0 radical (unpaired) electrons.